The molecule has 26 heteroatoms. The first-order valence-corrected chi connectivity index (χ1v) is 24.3. The Hall–Kier alpha value is -6.45. The van der Waals surface area contributed by atoms with E-state index in [9.17, 15) is 56.0 Å². The molecule has 18 nitrogen and oxygen atoms in total. The lowest BCUT2D eigenvalue weighted by Gasteiger charge is -2.51. The summed E-state index contributed by atoms with van der Waals surface area (Å²) >= 11 is 2.69. The maximum absolute atomic E-state index is 13.4. The maximum Gasteiger partial charge on any atom is 0.490 e. The third-order valence-corrected chi connectivity index (χ3v) is 14.4. The third-order valence-electron chi connectivity index (χ3n) is 12.5. The fourth-order valence-corrected chi connectivity index (χ4v) is 10.2. The number of thiophene rings is 2. The number of esters is 1. The summed E-state index contributed by atoms with van der Waals surface area (Å²) in [6.45, 7) is 4.51. The van der Waals surface area contributed by atoms with Crippen molar-refractivity contribution in [2.24, 2.45) is 5.41 Å². The molecule has 4 aromatic heterocycles. The van der Waals surface area contributed by atoms with Crippen LogP contribution in [0.4, 0.5) is 26.3 Å². The van der Waals surface area contributed by atoms with Crippen LogP contribution in [-0.4, -0.2) is 137 Å². The van der Waals surface area contributed by atoms with Crippen LogP contribution < -0.4 is 10.9 Å². The summed E-state index contributed by atoms with van der Waals surface area (Å²) in [6, 6.07) is 19.3. The van der Waals surface area contributed by atoms with Crippen molar-refractivity contribution in [3.05, 3.63) is 109 Å². The average Bonchev–Trinajstić information content (AvgIpc) is 4.15. The molecule has 1 atom stereocenters. The van der Waals surface area contributed by atoms with Gasteiger partial charge in [-0.3, -0.25) is 9.59 Å². The number of carbonyl (C=O) groups is 4. The Morgan fingerprint density at radius 2 is 1.53 bits per heavy atom. The van der Waals surface area contributed by atoms with Crippen LogP contribution in [0.15, 0.2) is 82.3 Å². The number of ether oxygens (including phenoxy) is 1. The molecule has 2 fully saturated rings. The molecule has 0 radical (unpaired) electrons. The lowest BCUT2D eigenvalue weighted by atomic mass is 9.61. The highest BCUT2D eigenvalue weighted by molar-refractivity contribution is 7.12. The van der Waals surface area contributed by atoms with E-state index >= 15 is 0 Å². The van der Waals surface area contributed by atoms with Crippen molar-refractivity contribution in [1.29, 1.82) is 0 Å². The Kier molecular flexibility index (Phi) is 18.1. The molecule has 2 aliphatic rings. The number of aryl methyl sites for hydroxylation is 1. The molecule has 1 saturated carbocycles. The van der Waals surface area contributed by atoms with E-state index < -0.39 is 42.0 Å². The normalized spacial score (nSPS) is 15.4. The zero-order chi connectivity index (χ0) is 53.3. The first-order valence-electron chi connectivity index (χ1n) is 22.5. The Bertz CT molecular complexity index is 2840. The number of carboxylic acids is 2. The minimum Gasteiger partial charge on any atom is -0.506 e. The number of pyridine rings is 1. The highest BCUT2D eigenvalue weighted by Crippen LogP contribution is 2.51. The van der Waals surface area contributed by atoms with Crippen molar-refractivity contribution in [2.75, 3.05) is 39.8 Å². The lowest BCUT2D eigenvalue weighted by molar-refractivity contribution is -0.193. The Balaban J connectivity index is 0.000000546. The van der Waals surface area contributed by atoms with E-state index in [4.69, 9.17) is 24.5 Å². The highest BCUT2D eigenvalue weighted by Gasteiger charge is 2.51. The topological polar surface area (TPSA) is 261 Å². The van der Waals surface area contributed by atoms with Gasteiger partial charge in [0.15, 0.2) is 0 Å². The number of hydrogen-bond acceptors (Lipinski definition) is 15. The number of benzene rings is 2. The van der Waals surface area contributed by atoms with Gasteiger partial charge in [0, 0.05) is 57.6 Å². The number of likely N-dealkylation sites (tertiary alicyclic amines) is 1. The van der Waals surface area contributed by atoms with E-state index in [1.54, 1.807) is 29.2 Å². The Morgan fingerprint density at radius 3 is 2.11 bits per heavy atom. The number of aromatic amines is 1. The molecule has 7 N–H and O–H groups in total. The number of halogens is 6. The number of nitrogens with zero attached hydrogens (tertiary/aromatic N) is 5. The third kappa shape index (κ3) is 14.2. The predicted molar refractivity (Wildman–Crippen MR) is 254 cm³/mol. The van der Waals surface area contributed by atoms with Gasteiger partial charge in [-0.15, -0.1) is 27.8 Å². The Labute approximate surface area is 419 Å². The van der Waals surface area contributed by atoms with Crippen molar-refractivity contribution in [3.8, 4) is 5.75 Å². The quantitative estimate of drug-likeness (QED) is 0.0423. The summed E-state index contributed by atoms with van der Waals surface area (Å²) in [7, 11) is 1.85. The smallest absolute Gasteiger partial charge is 0.490 e. The summed E-state index contributed by atoms with van der Waals surface area (Å²) < 4.78 is 71.2. The number of rotatable bonds is 16. The summed E-state index contributed by atoms with van der Waals surface area (Å²) in [5.41, 5.74) is 1.60. The number of hydrogen-bond donors (Lipinski definition) is 7. The molecule has 394 valence electrons. The lowest BCUT2D eigenvalue weighted by Crippen LogP contribution is -2.52. The first-order chi connectivity index (χ1) is 34.4. The largest absolute Gasteiger partial charge is 0.506 e. The number of aromatic nitrogens is 4. The number of amides is 1. The molecule has 0 unspecified atom stereocenters. The number of alkyl halides is 6. The molecule has 2 aromatic carbocycles. The molecule has 1 saturated heterocycles. The first kappa shape index (κ1) is 55.9. The molecule has 8 rings (SSSR count). The van der Waals surface area contributed by atoms with Crippen molar-refractivity contribution >= 4 is 68.4 Å². The van der Waals surface area contributed by atoms with Crippen LogP contribution in [0.1, 0.15) is 65.5 Å². The molecule has 1 aliphatic heterocycles. The number of phenolic OH excluding ortho intramolecular Hbond substituents is 1. The van der Waals surface area contributed by atoms with Crippen LogP contribution in [-0.2, 0) is 42.6 Å². The minimum absolute atomic E-state index is 0.0495. The molecule has 1 amide bonds. The van der Waals surface area contributed by atoms with E-state index in [1.165, 1.54) is 34.8 Å². The second kappa shape index (κ2) is 23.6. The van der Waals surface area contributed by atoms with Gasteiger partial charge in [0.2, 0.25) is 17.1 Å². The van der Waals surface area contributed by atoms with Gasteiger partial charge in [-0.25, -0.2) is 19.1 Å². The van der Waals surface area contributed by atoms with E-state index in [0.29, 0.717) is 58.8 Å². The van der Waals surface area contributed by atoms with Crippen LogP contribution in [0, 0.1) is 5.41 Å². The second-order valence-corrected chi connectivity index (χ2v) is 19.4. The number of piperidine rings is 1. The van der Waals surface area contributed by atoms with Crippen molar-refractivity contribution < 1.29 is 75.8 Å². The SMILES string of the molecule is CN(CCCn1nnc2cc(CNC[C@H](O)c3ccc(O)c4[nH]c(=O)ccc34)ccc21)C(=O)CCN1CCC2(CC1)CC(OC(=O)C(O)(c1cccs1)c1cccs1)C2.O=C(O)C(F)(F)F.O=C(O)C(F)(F)F. The van der Waals surface area contributed by atoms with E-state index in [1.807, 2.05) is 52.8 Å². The van der Waals surface area contributed by atoms with Crippen LogP contribution in [0.3, 0.4) is 0 Å². The van der Waals surface area contributed by atoms with Crippen molar-refractivity contribution in [3.63, 3.8) is 0 Å². The summed E-state index contributed by atoms with van der Waals surface area (Å²) in [4.78, 5) is 63.9. The number of aliphatic carboxylic acids is 2. The molecule has 5 heterocycles. The molecule has 73 heavy (non-hydrogen) atoms. The summed E-state index contributed by atoms with van der Waals surface area (Å²) in [5.74, 6) is -6.05. The van der Waals surface area contributed by atoms with Gasteiger partial charge in [0.25, 0.3) is 0 Å². The zero-order valence-electron chi connectivity index (χ0n) is 38.9. The van der Waals surface area contributed by atoms with Crippen molar-refractivity contribution in [2.45, 2.75) is 81.8 Å². The zero-order valence-corrected chi connectivity index (χ0v) is 40.5. The molecule has 1 aliphatic carbocycles. The molecule has 0 bridgehead atoms. The number of fused-ring (bicyclic) bond motifs is 2. The summed E-state index contributed by atoms with van der Waals surface area (Å²) in [6.07, 6.45) is -6.42. The molecule has 6 aromatic rings. The Morgan fingerprint density at radius 1 is 0.918 bits per heavy atom. The van der Waals surface area contributed by atoms with Gasteiger partial charge in [-0.05, 0) is 109 Å². The fourth-order valence-electron chi connectivity index (χ4n) is 8.51. The fraction of sp³-hybridized carbons (Fsp3) is 0.426. The van der Waals surface area contributed by atoms with E-state index in [2.05, 4.69) is 25.5 Å². The standard InChI is InChI=1S/C43H49N7O7S2.2C2HF3O2/c1-48(39(54)13-18-49-19-14-42(15-20-49)24-29(25-42)57-41(55)43(56,36-5-2-21-58-36)37-6-3-22-59-37)16-4-17-50-33-10-7-28(23-32(33)46-47-50)26-44-27-35(52)30-8-11-34(51)40-31(30)9-12-38(53)45-40;2*3-2(4,5)1(6)7/h2-3,5-12,21-23,29,35,44,51-52,56H,4,13-20,24-27H2,1H3,(H,45,53);2*(H,6,7)/t35-;;/m0../s1. The number of aliphatic hydroxyl groups is 2. The number of phenols is 1. The van der Waals surface area contributed by atoms with Gasteiger partial charge >= 0.3 is 30.3 Å². The van der Waals surface area contributed by atoms with E-state index in [-0.39, 0.29) is 35.3 Å². The minimum atomic E-state index is -5.08. The van der Waals surface area contributed by atoms with Gasteiger partial charge in [0.1, 0.15) is 17.4 Å². The van der Waals surface area contributed by atoms with Crippen LogP contribution in [0.2, 0.25) is 0 Å². The average molecular weight is 1070 g/mol. The van der Waals surface area contributed by atoms with Crippen molar-refractivity contribution in [1.82, 2.24) is 35.1 Å². The number of carboxylic acid groups (broad SMARTS) is 2. The monoisotopic (exact) mass is 1070 g/mol. The van der Waals surface area contributed by atoms with Gasteiger partial charge in [-0.1, -0.05) is 29.5 Å². The van der Waals surface area contributed by atoms with Crippen LogP contribution in [0.25, 0.3) is 21.9 Å². The number of carbonyl (C=O) groups excluding carboxylic acids is 2. The van der Waals surface area contributed by atoms with Gasteiger partial charge in [-0.2, -0.15) is 26.3 Å². The summed E-state index contributed by atoms with van der Waals surface area (Å²) in [5, 5.41) is 63.1. The maximum atomic E-state index is 13.4. The molecular weight excluding hydrogens is 1020 g/mol. The molecule has 1 spiro atoms. The number of aliphatic hydroxyl groups excluding tert-OH is 1. The van der Waals surface area contributed by atoms with Gasteiger partial charge < -0.3 is 50.4 Å². The number of H-pyrrole nitrogens is 1. The number of nitrogens with one attached hydrogen (secondary N) is 2. The highest BCUT2D eigenvalue weighted by atomic mass is 32.1. The van der Waals surface area contributed by atoms with E-state index in [0.717, 1.165) is 61.8 Å². The van der Waals surface area contributed by atoms with Crippen LogP contribution >= 0.6 is 22.7 Å². The number of aromatic hydroxyl groups is 1. The predicted octanol–water partition coefficient (Wildman–Crippen LogP) is 6.15. The molecular formula is C47H51F6N7O11S2. The van der Waals surface area contributed by atoms with Crippen LogP contribution in [0.5, 0.6) is 5.75 Å². The van der Waals surface area contributed by atoms with Gasteiger partial charge in [0.05, 0.1) is 26.9 Å². The second-order valence-electron chi connectivity index (χ2n) is 17.5.